The van der Waals surface area contributed by atoms with Crippen molar-refractivity contribution in [3.05, 3.63) is 40.8 Å². The SMILES string of the molecule is Cc1cc(C)c2cc(F)cc(CC(C)(C)N)c2n1. The van der Waals surface area contributed by atoms with E-state index in [9.17, 15) is 4.39 Å². The van der Waals surface area contributed by atoms with E-state index in [-0.39, 0.29) is 11.4 Å². The molecule has 0 unspecified atom stereocenters. The van der Waals surface area contributed by atoms with Crippen molar-refractivity contribution >= 4 is 10.9 Å². The van der Waals surface area contributed by atoms with Gasteiger partial charge in [0.15, 0.2) is 0 Å². The lowest BCUT2D eigenvalue weighted by molar-refractivity contribution is 0.516. The highest BCUT2D eigenvalue weighted by Gasteiger charge is 2.16. The predicted molar refractivity (Wildman–Crippen MR) is 73.1 cm³/mol. The van der Waals surface area contributed by atoms with Gasteiger partial charge in [-0.15, -0.1) is 0 Å². The molecule has 2 N–H and O–H groups in total. The third-order valence-corrected chi connectivity index (χ3v) is 2.94. The molecule has 0 radical (unpaired) electrons. The van der Waals surface area contributed by atoms with Crippen molar-refractivity contribution in [2.75, 3.05) is 0 Å². The molecule has 1 heterocycles. The highest BCUT2D eigenvalue weighted by atomic mass is 19.1. The normalized spacial score (nSPS) is 12.1. The van der Waals surface area contributed by atoms with Gasteiger partial charge in [0.05, 0.1) is 5.52 Å². The Labute approximate surface area is 107 Å². The third-order valence-electron chi connectivity index (χ3n) is 2.94. The number of benzene rings is 1. The van der Waals surface area contributed by atoms with E-state index >= 15 is 0 Å². The number of pyridine rings is 1. The molecule has 3 heteroatoms. The number of hydrogen-bond donors (Lipinski definition) is 1. The minimum atomic E-state index is -0.375. The number of hydrogen-bond acceptors (Lipinski definition) is 2. The molecule has 0 bridgehead atoms. The Kier molecular flexibility index (Phi) is 3.11. The number of aryl methyl sites for hydroxylation is 2. The molecular formula is C15H19FN2. The van der Waals surface area contributed by atoms with Crippen LogP contribution in [0.4, 0.5) is 4.39 Å². The Morgan fingerprint density at radius 1 is 1.22 bits per heavy atom. The first-order valence-corrected chi connectivity index (χ1v) is 6.11. The van der Waals surface area contributed by atoms with Crippen LogP contribution < -0.4 is 5.73 Å². The summed E-state index contributed by atoms with van der Waals surface area (Å²) in [7, 11) is 0. The Balaban J connectivity index is 2.72. The molecule has 0 fully saturated rings. The van der Waals surface area contributed by atoms with Crippen molar-refractivity contribution in [3.8, 4) is 0 Å². The first-order valence-electron chi connectivity index (χ1n) is 6.11. The second kappa shape index (κ2) is 4.32. The van der Waals surface area contributed by atoms with E-state index in [1.54, 1.807) is 12.1 Å². The lowest BCUT2D eigenvalue weighted by atomic mass is 9.93. The molecule has 0 amide bonds. The fraction of sp³-hybridized carbons (Fsp3) is 0.400. The maximum absolute atomic E-state index is 13.7. The van der Waals surface area contributed by atoms with Crippen molar-refractivity contribution < 1.29 is 4.39 Å². The Bertz CT molecular complexity index is 597. The largest absolute Gasteiger partial charge is 0.325 e. The van der Waals surface area contributed by atoms with Crippen molar-refractivity contribution in [1.29, 1.82) is 0 Å². The van der Waals surface area contributed by atoms with Crippen LogP contribution in [0, 0.1) is 19.7 Å². The average molecular weight is 246 g/mol. The maximum atomic E-state index is 13.7. The fourth-order valence-corrected chi connectivity index (χ4v) is 2.31. The minimum Gasteiger partial charge on any atom is -0.325 e. The molecule has 1 aromatic heterocycles. The van der Waals surface area contributed by atoms with Crippen LogP contribution >= 0.6 is 0 Å². The summed E-state index contributed by atoms with van der Waals surface area (Å²) in [4.78, 5) is 4.54. The smallest absolute Gasteiger partial charge is 0.124 e. The van der Waals surface area contributed by atoms with Crippen molar-refractivity contribution in [2.45, 2.75) is 39.7 Å². The zero-order valence-corrected chi connectivity index (χ0v) is 11.3. The molecule has 0 atom stereocenters. The van der Waals surface area contributed by atoms with Gasteiger partial charge >= 0.3 is 0 Å². The summed E-state index contributed by atoms with van der Waals surface area (Å²) in [6.07, 6.45) is 0.608. The van der Waals surface area contributed by atoms with Gasteiger partial charge in [-0.05, 0) is 63.4 Å². The van der Waals surface area contributed by atoms with Crippen LogP contribution in [0.25, 0.3) is 10.9 Å². The van der Waals surface area contributed by atoms with Crippen LogP contribution in [0.5, 0.6) is 0 Å². The number of halogens is 1. The van der Waals surface area contributed by atoms with E-state index < -0.39 is 0 Å². The molecule has 0 saturated heterocycles. The minimum absolute atomic E-state index is 0.226. The fourth-order valence-electron chi connectivity index (χ4n) is 2.31. The van der Waals surface area contributed by atoms with Gasteiger partial charge in [-0.25, -0.2) is 4.39 Å². The standard InChI is InChI=1S/C15H19FN2/c1-9-5-10(2)18-14-11(8-15(3,4)17)6-12(16)7-13(9)14/h5-7H,8,17H2,1-4H3. The average Bonchev–Trinajstić information content (AvgIpc) is 2.17. The van der Waals surface area contributed by atoms with E-state index in [0.29, 0.717) is 6.42 Å². The molecule has 0 aliphatic carbocycles. The second-order valence-electron chi connectivity index (χ2n) is 5.71. The Morgan fingerprint density at radius 3 is 2.50 bits per heavy atom. The lowest BCUT2D eigenvalue weighted by Gasteiger charge is -2.20. The van der Waals surface area contributed by atoms with Crippen LogP contribution in [0.3, 0.4) is 0 Å². The summed E-state index contributed by atoms with van der Waals surface area (Å²) in [5.41, 5.74) is 9.40. The zero-order valence-electron chi connectivity index (χ0n) is 11.3. The van der Waals surface area contributed by atoms with Crippen molar-refractivity contribution in [1.82, 2.24) is 4.98 Å². The molecule has 1 aromatic carbocycles. The topological polar surface area (TPSA) is 38.9 Å². The van der Waals surface area contributed by atoms with Gasteiger partial charge in [0.1, 0.15) is 5.82 Å². The second-order valence-corrected chi connectivity index (χ2v) is 5.71. The zero-order chi connectivity index (χ0) is 13.5. The number of nitrogens with two attached hydrogens (primary N) is 1. The Hall–Kier alpha value is -1.48. The van der Waals surface area contributed by atoms with E-state index in [1.165, 1.54) is 0 Å². The van der Waals surface area contributed by atoms with E-state index in [4.69, 9.17) is 5.73 Å². The highest BCUT2D eigenvalue weighted by Crippen LogP contribution is 2.25. The van der Waals surface area contributed by atoms with Gasteiger partial charge in [0.2, 0.25) is 0 Å². The number of nitrogens with zero attached hydrogens (tertiary/aromatic N) is 1. The van der Waals surface area contributed by atoms with E-state index in [2.05, 4.69) is 4.98 Å². The van der Waals surface area contributed by atoms with Gasteiger partial charge in [0, 0.05) is 16.6 Å². The molecule has 2 aromatic rings. The summed E-state index contributed by atoms with van der Waals surface area (Å²) < 4.78 is 13.7. The van der Waals surface area contributed by atoms with E-state index in [0.717, 1.165) is 27.7 Å². The molecule has 2 nitrogen and oxygen atoms in total. The van der Waals surface area contributed by atoms with E-state index in [1.807, 2.05) is 33.8 Å². The molecule has 0 aliphatic heterocycles. The summed E-state index contributed by atoms with van der Waals surface area (Å²) in [6, 6.07) is 5.06. The molecule has 0 spiro atoms. The number of rotatable bonds is 2. The summed E-state index contributed by atoms with van der Waals surface area (Å²) in [5, 5.41) is 0.875. The monoisotopic (exact) mass is 246 g/mol. The van der Waals surface area contributed by atoms with Crippen LogP contribution in [0.15, 0.2) is 18.2 Å². The molecule has 0 saturated carbocycles. The van der Waals surface area contributed by atoms with Crippen LogP contribution in [-0.4, -0.2) is 10.5 Å². The van der Waals surface area contributed by atoms with Gasteiger partial charge in [-0.3, -0.25) is 4.98 Å². The lowest BCUT2D eigenvalue weighted by Crippen LogP contribution is -2.34. The first kappa shape index (κ1) is 13.0. The Morgan fingerprint density at radius 2 is 1.89 bits per heavy atom. The highest BCUT2D eigenvalue weighted by molar-refractivity contribution is 5.85. The molecule has 18 heavy (non-hydrogen) atoms. The van der Waals surface area contributed by atoms with Crippen LogP contribution in [-0.2, 0) is 6.42 Å². The van der Waals surface area contributed by atoms with Gasteiger partial charge in [0.25, 0.3) is 0 Å². The summed E-state index contributed by atoms with van der Waals surface area (Å²) in [5.74, 6) is -0.226. The molecular weight excluding hydrogens is 227 g/mol. The molecule has 2 rings (SSSR count). The molecule has 96 valence electrons. The number of fused-ring (bicyclic) bond motifs is 1. The van der Waals surface area contributed by atoms with Crippen LogP contribution in [0.1, 0.15) is 30.7 Å². The molecule has 0 aliphatic rings. The first-order chi connectivity index (χ1) is 8.26. The predicted octanol–water partition coefficient (Wildman–Crippen LogP) is 3.27. The van der Waals surface area contributed by atoms with Gasteiger partial charge in [-0.1, -0.05) is 0 Å². The van der Waals surface area contributed by atoms with Crippen LogP contribution in [0.2, 0.25) is 0 Å². The summed E-state index contributed by atoms with van der Waals surface area (Å²) >= 11 is 0. The summed E-state index contributed by atoms with van der Waals surface area (Å²) in [6.45, 7) is 7.81. The van der Waals surface area contributed by atoms with Gasteiger partial charge in [-0.2, -0.15) is 0 Å². The third kappa shape index (κ3) is 2.67. The maximum Gasteiger partial charge on any atom is 0.124 e. The van der Waals surface area contributed by atoms with Crippen molar-refractivity contribution in [2.24, 2.45) is 5.73 Å². The number of aromatic nitrogens is 1. The van der Waals surface area contributed by atoms with Crippen molar-refractivity contribution in [3.63, 3.8) is 0 Å². The quantitative estimate of drug-likeness (QED) is 0.883. The van der Waals surface area contributed by atoms with Gasteiger partial charge < -0.3 is 5.73 Å².